The number of hydrogen-bond donors (Lipinski definition) is 2. The molecule has 0 spiro atoms. The summed E-state index contributed by atoms with van der Waals surface area (Å²) in [4.78, 5) is 14.5. The molecule has 7 nitrogen and oxygen atoms in total. The molecule has 1 aliphatic rings. The summed E-state index contributed by atoms with van der Waals surface area (Å²) in [5.41, 5.74) is 1.92. The van der Waals surface area contributed by atoms with Crippen molar-refractivity contribution in [2.45, 2.75) is 25.8 Å². The van der Waals surface area contributed by atoms with Gasteiger partial charge in [0.05, 0.1) is 13.2 Å². The van der Waals surface area contributed by atoms with Crippen LogP contribution in [-0.4, -0.2) is 56.6 Å². The summed E-state index contributed by atoms with van der Waals surface area (Å²) in [6.07, 6.45) is 1.11. The maximum absolute atomic E-state index is 12.7. The van der Waals surface area contributed by atoms with Gasteiger partial charge in [0.25, 0.3) is 0 Å². The van der Waals surface area contributed by atoms with Crippen LogP contribution in [0.5, 0.6) is 0 Å². The van der Waals surface area contributed by atoms with Crippen LogP contribution >= 0.6 is 30.9 Å². The third kappa shape index (κ3) is 7.21. The highest BCUT2D eigenvalue weighted by Gasteiger charge is 2.33. The quantitative estimate of drug-likeness (QED) is 0.303. The molecule has 1 heterocycles. The van der Waals surface area contributed by atoms with E-state index in [-0.39, 0.29) is 6.61 Å². The lowest BCUT2D eigenvalue weighted by Gasteiger charge is -2.28. The molecule has 1 fully saturated rings. The van der Waals surface area contributed by atoms with Gasteiger partial charge in [-0.05, 0) is 37.5 Å². The van der Waals surface area contributed by atoms with Crippen molar-refractivity contribution in [3.05, 3.63) is 29.8 Å². The normalized spacial score (nSPS) is 20.5. The fraction of sp³-hybridized carbons (Fsp3) is 0.611. The zero-order valence-corrected chi connectivity index (χ0v) is 18.4. The minimum absolute atomic E-state index is 0.250. The standard InChI is InChI=1S/C18H28Cl2N3O4P/c1-2-26-18(24)17(22-28(25)21-10-3-13-27-28)14-15-4-6-16(7-5-15)23(11-8-19)12-9-20/h4-7,17H,2-3,8-14H2,1H3,(H2,21,22,25)/t17-,28+/m0/s1. The second kappa shape index (κ2) is 12.0. The van der Waals surface area contributed by atoms with Crippen LogP contribution in [0.4, 0.5) is 5.69 Å². The van der Waals surface area contributed by atoms with Crippen LogP contribution in [0.25, 0.3) is 0 Å². The number of nitrogens with one attached hydrogen (secondary N) is 2. The molecule has 28 heavy (non-hydrogen) atoms. The summed E-state index contributed by atoms with van der Waals surface area (Å²) in [5.74, 6) is 0.564. The highest BCUT2D eigenvalue weighted by atomic mass is 35.5. The first-order valence-corrected chi connectivity index (χ1v) is 12.1. The summed E-state index contributed by atoms with van der Waals surface area (Å²) in [5, 5.41) is 5.69. The SMILES string of the molecule is CCOC(=O)[C@H](Cc1ccc(N(CCCl)CCCl)cc1)N[P@@]1(=O)NCCCO1. The molecule has 1 aliphatic heterocycles. The van der Waals surface area contributed by atoms with Gasteiger partial charge in [-0.1, -0.05) is 12.1 Å². The highest BCUT2D eigenvalue weighted by molar-refractivity contribution is 7.54. The fourth-order valence-electron chi connectivity index (χ4n) is 2.90. The number of alkyl halides is 2. The Labute approximate surface area is 176 Å². The van der Waals surface area contributed by atoms with Gasteiger partial charge in [-0.2, -0.15) is 0 Å². The third-order valence-corrected chi connectivity index (χ3v) is 6.44. The molecule has 0 radical (unpaired) electrons. The maximum Gasteiger partial charge on any atom is 0.341 e. The lowest BCUT2D eigenvalue weighted by atomic mass is 10.1. The zero-order valence-electron chi connectivity index (χ0n) is 16.0. The van der Waals surface area contributed by atoms with E-state index >= 15 is 0 Å². The van der Waals surface area contributed by atoms with Gasteiger partial charge in [0, 0.05) is 37.1 Å². The van der Waals surface area contributed by atoms with Crippen LogP contribution < -0.4 is 15.1 Å². The van der Waals surface area contributed by atoms with Gasteiger partial charge in [0.1, 0.15) is 6.04 Å². The third-order valence-electron chi connectivity index (χ3n) is 4.26. The van der Waals surface area contributed by atoms with Crippen molar-refractivity contribution in [3.8, 4) is 0 Å². The predicted octanol–water partition coefficient (Wildman–Crippen LogP) is 3.15. The van der Waals surface area contributed by atoms with Gasteiger partial charge >= 0.3 is 13.6 Å². The van der Waals surface area contributed by atoms with E-state index in [0.717, 1.165) is 17.7 Å². The van der Waals surface area contributed by atoms with Gasteiger partial charge in [0.15, 0.2) is 0 Å². The van der Waals surface area contributed by atoms with Crippen LogP contribution in [-0.2, 0) is 25.0 Å². The molecule has 0 unspecified atom stereocenters. The Balaban J connectivity index is 2.10. The van der Waals surface area contributed by atoms with Gasteiger partial charge in [-0.15, -0.1) is 23.2 Å². The number of carbonyl (C=O) groups is 1. The minimum atomic E-state index is -3.27. The second-order valence-corrected chi connectivity index (χ2v) is 9.01. The lowest BCUT2D eigenvalue weighted by Crippen LogP contribution is -2.42. The fourth-order valence-corrected chi connectivity index (χ4v) is 5.01. The molecule has 10 heteroatoms. The highest BCUT2D eigenvalue weighted by Crippen LogP contribution is 2.40. The van der Waals surface area contributed by atoms with Crippen LogP contribution in [0.15, 0.2) is 24.3 Å². The average Bonchev–Trinajstić information content (AvgIpc) is 2.68. The second-order valence-electron chi connectivity index (χ2n) is 6.32. The molecule has 2 rings (SSSR count). The smallest absolute Gasteiger partial charge is 0.341 e. The molecule has 1 aromatic carbocycles. The molecule has 0 bridgehead atoms. The van der Waals surface area contributed by atoms with Crippen molar-refractivity contribution >= 4 is 42.5 Å². The first kappa shape index (κ1) is 23.5. The number of carbonyl (C=O) groups excluding carboxylic acids is 1. The molecule has 158 valence electrons. The number of nitrogens with zero attached hydrogens (tertiary/aromatic N) is 1. The molecule has 0 aliphatic carbocycles. The molecule has 2 N–H and O–H groups in total. The van der Waals surface area contributed by atoms with Crippen LogP contribution in [0.3, 0.4) is 0 Å². The minimum Gasteiger partial charge on any atom is -0.465 e. The number of benzene rings is 1. The van der Waals surface area contributed by atoms with Crippen LogP contribution in [0.1, 0.15) is 18.9 Å². The Morgan fingerprint density at radius 2 is 2.00 bits per heavy atom. The number of hydrogen-bond acceptors (Lipinski definition) is 5. The number of esters is 1. The van der Waals surface area contributed by atoms with Gasteiger partial charge < -0.3 is 14.2 Å². The topological polar surface area (TPSA) is 79.9 Å². The summed E-state index contributed by atoms with van der Waals surface area (Å²) >= 11 is 11.7. The first-order chi connectivity index (χ1) is 13.5. The van der Waals surface area contributed by atoms with E-state index in [1.807, 2.05) is 24.3 Å². The van der Waals surface area contributed by atoms with Gasteiger partial charge in [-0.25, -0.2) is 10.2 Å². The summed E-state index contributed by atoms with van der Waals surface area (Å²) in [6.45, 7) is 4.35. The van der Waals surface area contributed by atoms with Crippen LogP contribution in [0.2, 0.25) is 0 Å². The molecule has 1 saturated heterocycles. The number of halogens is 2. The Morgan fingerprint density at radius 3 is 2.54 bits per heavy atom. The van der Waals surface area contributed by atoms with E-state index in [4.69, 9.17) is 32.5 Å². The molecule has 0 amide bonds. The number of anilines is 1. The first-order valence-electron chi connectivity index (χ1n) is 9.41. The van der Waals surface area contributed by atoms with E-state index < -0.39 is 19.7 Å². The zero-order chi connectivity index (χ0) is 20.4. The Morgan fingerprint density at radius 1 is 1.32 bits per heavy atom. The largest absolute Gasteiger partial charge is 0.465 e. The maximum atomic E-state index is 12.7. The van der Waals surface area contributed by atoms with E-state index in [1.165, 1.54) is 0 Å². The monoisotopic (exact) mass is 451 g/mol. The molecule has 1 aromatic rings. The van der Waals surface area contributed by atoms with Crippen LogP contribution in [0, 0.1) is 0 Å². The van der Waals surface area contributed by atoms with E-state index in [9.17, 15) is 9.36 Å². The van der Waals surface area contributed by atoms with Crippen molar-refractivity contribution in [2.75, 3.05) is 49.5 Å². The van der Waals surface area contributed by atoms with E-state index in [1.54, 1.807) is 6.92 Å². The average molecular weight is 452 g/mol. The Bertz CT molecular complexity index is 647. The molecular formula is C18H28Cl2N3O4P. The molecular weight excluding hydrogens is 424 g/mol. The van der Waals surface area contributed by atoms with Gasteiger partial charge in [0.2, 0.25) is 0 Å². The summed E-state index contributed by atoms with van der Waals surface area (Å²) in [6, 6.07) is 7.03. The number of ether oxygens (including phenoxy) is 1. The molecule has 2 atom stereocenters. The Hall–Kier alpha value is -0.820. The van der Waals surface area contributed by atoms with Crippen molar-refractivity contribution in [2.24, 2.45) is 0 Å². The summed E-state index contributed by atoms with van der Waals surface area (Å²) < 4.78 is 23.3. The van der Waals surface area contributed by atoms with Gasteiger partial charge in [-0.3, -0.25) is 9.36 Å². The lowest BCUT2D eigenvalue weighted by molar-refractivity contribution is -0.145. The summed E-state index contributed by atoms with van der Waals surface area (Å²) in [7, 11) is -3.27. The predicted molar refractivity (Wildman–Crippen MR) is 114 cm³/mol. The van der Waals surface area contributed by atoms with E-state index in [0.29, 0.717) is 44.4 Å². The van der Waals surface area contributed by atoms with E-state index in [2.05, 4.69) is 15.1 Å². The number of rotatable bonds is 11. The van der Waals surface area contributed by atoms with Crippen molar-refractivity contribution < 1.29 is 18.6 Å². The molecule has 0 aromatic heterocycles. The van der Waals surface area contributed by atoms with Crippen molar-refractivity contribution in [1.82, 2.24) is 10.2 Å². The van der Waals surface area contributed by atoms with Crippen molar-refractivity contribution in [3.63, 3.8) is 0 Å². The molecule has 0 saturated carbocycles. The van der Waals surface area contributed by atoms with Crippen molar-refractivity contribution in [1.29, 1.82) is 0 Å². The Kier molecular flexibility index (Phi) is 10.1.